The third-order valence-electron chi connectivity index (χ3n) is 4.60. The maximum Gasteiger partial charge on any atom is 0.220 e. The zero-order valence-electron chi connectivity index (χ0n) is 16.4. The minimum Gasteiger partial charge on any atom is -0.469 e. The third kappa shape index (κ3) is 8.58. The number of thioether (sulfide) groups is 1. The second kappa shape index (κ2) is 14.7. The number of rotatable bonds is 13. The van der Waals surface area contributed by atoms with Crippen molar-refractivity contribution in [3.05, 3.63) is 0 Å². The molecule has 0 saturated carbocycles. The molecule has 4 nitrogen and oxygen atoms in total. The van der Waals surface area contributed by atoms with Crippen molar-refractivity contribution in [1.82, 2.24) is 0 Å². The topological polar surface area (TPSA) is 36.9 Å². The van der Waals surface area contributed by atoms with Gasteiger partial charge in [0, 0.05) is 7.11 Å². The van der Waals surface area contributed by atoms with Crippen LogP contribution in [0, 0.1) is 12.3 Å². The first-order valence-electron chi connectivity index (χ1n) is 9.65. The van der Waals surface area contributed by atoms with Gasteiger partial charge in [-0.3, -0.25) is 0 Å². The summed E-state index contributed by atoms with van der Waals surface area (Å²) in [6.07, 6.45) is 17.2. The van der Waals surface area contributed by atoms with E-state index in [9.17, 15) is 0 Å². The van der Waals surface area contributed by atoms with E-state index in [1.54, 1.807) is 7.11 Å². The molecule has 0 aromatic rings. The summed E-state index contributed by atoms with van der Waals surface area (Å²) in [6.45, 7) is 2.45. The van der Waals surface area contributed by atoms with Gasteiger partial charge in [0.25, 0.3) is 0 Å². The Kier molecular flexibility index (Phi) is 13.4. The first-order valence-corrected chi connectivity index (χ1v) is 11.3. The molecule has 6 heteroatoms. The average molecular weight is 403 g/mol. The highest BCUT2D eigenvalue weighted by Gasteiger charge is 2.47. The van der Waals surface area contributed by atoms with Crippen LogP contribution >= 0.6 is 24.0 Å². The van der Waals surface area contributed by atoms with Crippen LogP contribution in [0.3, 0.4) is 0 Å². The van der Waals surface area contributed by atoms with Crippen LogP contribution in [-0.2, 0) is 18.9 Å². The molecule has 0 N–H and O–H groups in total. The monoisotopic (exact) mass is 402 g/mol. The quantitative estimate of drug-likeness (QED) is 0.247. The second-order valence-corrected chi connectivity index (χ2v) is 7.97. The molecule has 0 aliphatic carbocycles. The molecule has 150 valence electrons. The van der Waals surface area contributed by atoms with Crippen molar-refractivity contribution in [2.75, 3.05) is 20.0 Å². The van der Waals surface area contributed by atoms with Crippen molar-refractivity contribution in [3.63, 3.8) is 0 Å². The number of thiocarbonyl (C=S) groups is 1. The Labute approximate surface area is 169 Å². The number of terminal acetylenes is 1. The number of methoxy groups -OCH3 is 1. The van der Waals surface area contributed by atoms with E-state index in [4.69, 9.17) is 37.6 Å². The Morgan fingerprint density at radius 1 is 1.12 bits per heavy atom. The van der Waals surface area contributed by atoms with Gasteiger partial charge in [0.15, 0.2) is 12.4 Å². The van der Waals surface area contributed by atoms with Gasteiger partial charge < -0.3 is 18.9 Å². The van der Waals surface area contributed by atoms with Crippen molar-refractivity contribution in [2.45, 2.75) is 89.3 Å². The predicted molar refractivity (Wildman–Crippen MR) is 112 cm³/mol. The summed E-state index contributed by atoms with van der Waals surface area (Å²) in [5.41, 5.74) is 0. The van der Waals surface area contributed by atoms with Gasteiger partial charge in [0.1, 0.15) is 18.8 Å². The molecule has 0 radical (unpaired) electrons. The van der Waals surface area contributed by atoms with E-state index >= 15 is 0 Å². The van der Waals surface area contributed by atoms with Crippen molar-refractivity contribution in [2.24, 2.45) is 0 Å². The van der Waals surface area contributed by atoms with Gasteiger partial charge in [-0.25, -0.2) is 0 Å². The molecule has 1 saturated heterocycles. The molecule has 1 aliphatic heterocycles. The minimum absolute atomic E-state index is 0.0899. The van der Waals surface area contributed by atoms with Crippen molar-refractivity contribution in [3.8, 4) is 12.3 Å². The molecule has 1 heterocycles. The summed E-state index contributed by atoms with van der Waals surface area (Å²) in [5, 5.41) is 0. The normalized spacial score (nSPS) is 25.2. The highest BCUT2D eigenvalue weighted by molar-refractivity contribution is 8.22. The van der Waals surface area contributed by atoms with Gasteiger partial charge in [-0.2, -0.15) is 0 Å². The Bertz CT molecular complexity index is 425. The molecule has 0 aromatic carbocycles. The summed E-state index contributed by atoms with van der Waals surface area (Å²) >= 11 is 6.65. The van der Waals surface area contributed by atoms with Crippen molar-refractivity contribution in [1.29, 1.82) is 0 Å². The van der Waals surface area contributed by atoms with Crippen LogP contribution in [0.15, 0.2) is 0 Å². The van der Waals surface area contributed by atoms with Gasteiger partial charge in [0.05, 0.1) is 0 Å². The van der Waals surface area contributed by atoms with Crippen LogP contribution in [-0.4, -0.2) is 49.0 Å². The number of ether oxygens (including phenoxy) is 4. The lowest BCUT2D eigenvalue weighted by molar-refractivity contribution is -0.159. The highest BCUT2D eigenvalue weighted by atomic mass is 32.2. The first kappa shape index (κ1) is 23.7. The van der Waals surface area contributed by atoms with Crippen molar-refractivity contribution < 1.29 is 18.9 Å². The predicted octanol–water partition coefficient (Wildman–Crippen LogP) is 4.94. The van der Waals surface area contributed by atoms with E-state index in [1.807, 2.05) is 6.26 Å². The summed E-state index contributed by atoms with van der Waals surface area (Å²) in [4.78, 5) is 0. The Morgan fingerprint density at radius 2 is 1.77 bits per heavy atom. The fraction of sp³-hybridized carbons (Fsp3) is 0.850. The van der Waals surface area contributed by atoms with Gasteiger partial charge in [-0.1, -0.05) is 76.0 Å². The van der Waals surface area contributed by atoms with Crippen LogP contribution in [0.1, 0.15) is 64.7 Å². The standard InChI is InChI=1S/C20H34O4S2/c1-5-7-8-9-10-11-12-13-14-16-17(24-20(25)26-4)18(22-15-6-2)19(21-3)23-16/h2,16-19H,5,7-15H2,1,3-4H3/t16-,17+,18-,19+/m1/s1. The Morgan fingerprint density at radius 3 is 2.35 bits per heavy atom. The van der Waals surface area contributed by atoms with Gasteiger partial charge in [-0.15, -0.1) is 6.42 Å². The zero-order valence-corrected chi connectivity index (χ0v) is 18.0. The summed E-state index contributed by atoms with van der Waals surface area (Å²) in [7, 11) is 1.61. The lowest BCUT2D eigenvalue weighted by Crippen LogP contribution is -2.39. The molecular weight excluding hydrogens is 368 g/mol. The average Bonchev–Trinajstić information content (AvgIpc) is 2.98. The van der Waals surface area contributed by atoms with Crippen LogP contribution in [0.5, 0.6) is 0 Å². The van der Waals surface area contributed by atoms with E-state index in [-0.39, 0.29) is 24.9 Å². The van der Waals surface area contributed by atoms with Gasteiger partial charge in [-0.05, 0) is 24.9 Å². The number of unbranched alkanes of at least 4 members (excludes halogenated alkanes) is 7. The smallest absolute Gasteiger partial charge is 0.220 e. The molecular formula is C20H34O4S2. The fourth-order valence-corrected chi connectivity index (χ4v) is 3.53. The molecule has 0 spiro atoms. The maximum atomic E-state index is 6.03. The molecule has 4 atom stereocenters. The zero-order chi connectivity index (χ0) is 19.2. The van der Waals surface area contributed by atoms with E-state index in [2.05, 4.69) is 12.8 Å². The lowest BCUT2D eigenvalue weighted by Gasteiger charge is -2.24. The van der Waals surface area contributed by atoms with Crippen LogP contribution in [0.25, 0.3) is 0 Å². The number of hydrogen-bond acceptors (Lipinski definition) is 6. The van der Waals surface area contributed by atoms with Crippen LogP contribution in [0.4, 0.5) is 0 Å². The maximum absolute atomic E-state index is 6.03. The van der Waals surface area contributed by atoms with E-state index < -0.39 is 6.29 Å². The first-order chi connectivity index (χ1) is 12.7. The third-order valence-corrected chi connectivity index (χ3v) is 5.63. The van der Waals surface area contributed by atoms with Crippen LogP contribution < -0.4 is 0 Å². The number of hydrogen-bond donors (Lipinski definition) is 0. The molecule has 26 heavy (non-hydrogen) atoms. The SMILES string of the molecule is C#CCO[C@H]1[C@@H](OC)O[C@H](CCCCCCCCCC)[C@@H]1OC(=S)SC. The second-order valence-electron chi connectivity index (χ2n) is 6.56. The Hall–Kier alpha value is -0.320. The molecule has 0 amide bonds. The summed E-state index contributed by atoms with van der Waals surface area (Å²) < 4.78 is 23.6. The van der Waals surface area contributed by atoms with E-state index in [0.29, 0.717) is 4.38 Å². The largest absolute Gasteiger partial charge is 0.469 e. The molecule has 0 bridgehead atoms. The van der Waals surface area contributed by atoms with Crippen molar-refractivity contribution >= 4 is 28.4 Å². The van der Waals surface area contributed by atoms with E-state index in [0.717, 1.165) is 12.8 Å². The molecule has 1 aliphatic rings. The van der Waals surface area contributed by atoms with Gasteiger partial charge >= 0.3 is 0 Å². The van der Waals surface area contributed by atoms with Crippen LogP contribution in [0.2, 0.25) is 0 Å². The summed E-state index contributed by atoms with van der Waals surface area (Å²) in [6, 6.07) is 0. The minimum atomic E-state index is -0.475. The molecule has 1 rings (SSSR count). The fourth-order valence-electron chi connectivity index (χ4n) is 3.21. The highest BCUT2D eigenvalue weighted by Crippen LogP contribution is 2.31. The molecule has 1 fully saturated rings. The lowest BCUT2D eigenvalue weighted by atomic mass is 10.0. The Balaban J connectivity index is 2.46. The summed E-state index contributed by atoms with van der Waals surface area (Å²) in [5.74, 6) is 2.50. The van der Waals surface area contributed by atoms with E-state index in [1.165, 1.54) is 56.7 Å². The molecule has 0 aromatic heterocycles. The van der Waals surface area contributed by atoms with Gasteiger partial charge in [0.2, 0.25) is 4.38 Å². The molecule has 0 unspecified atom stereocenters.